The molecule has 1 amide bonds. The van der Waals surface area contributed by atoms with Gasteiger partial charge in [0.25, 0.3) is 5.56 Å². The van der Waals surface area contributed by atoms with E-state index in [1.165, 1.54) is 0 Å². The van der Waals surface area contributed by atoms with Crippen molar-refractivity contribution in [1.82, 2.24) is 25.0 Å². The highest BCUT2D eigenvalue weighted by atomic mass is 16.5. The van der Waals surface area contributed by atoms with Crippen molar-refractivity contribution in [3.8, 4) is 22.9 Å². The SMILES string of the molecule is CCC(C)Oc1ccc(-c2nnc(CCC(=O)N(C)C3CCN(C)CC3)c(=O)[nH]2)cc1OC. The van der Waals surface area contributed by atoms with Gasteiger partial charge >= 0.3 is 0 Å². The molecule has 1 saturated heterocycles. The first-order valence-electron chi connectivity index (χ1n) is 11.6. The van der Waals surface area contributed by atoms with Crippen LogP contribution in [0, 0.1) is 0 Å². The minimum atomic E-state index is -0.339. The van der Waals surface area contributed by atoms with Crippen molar-refractivity contribution in [3.63, 3.8) is 0 Å². The average molecular weight is 458 g/mol. The molecule has 0 spiro atoms. The second-order valence-electron chi connectivity index (χ2n) is 8.69. The predicted molar refractivity (Wildman–Crippen MR) is 127 cm³/mol. The lowest BCUT2D eigenvalue weighted by atomic mass is 10.0. The predicted octanol–water partition coefficient (Wildman–Crippen LogP) is 2.50. The first-order valence-corrected chi connectivity index (χ1v) is 11.6. The van der Waals surface area contributed by atoms with Gasteiger partial charge in [0.05, 0.1) is 13.2 Å². The van der Waals surface area contributed by atoms with Crippen LogP contribution in [0.4, 0.5) is 0 Å². The lowest BCUT2D eigenvalue weighted by Crippen LogP contribution is -2.44. The summed E-state index contributed by atoms with van der Waals surface area (Å²) in [6.45, 7) is 6.02. The van der Waals surface area contributed by atoms with Crippen LogP contribution in [0.25, 0.3) is 11.4 Å². The third kappa shape index (κ3) is 6.31. The van der Waals surface area contributed by atoms with E-state index in [9.17, 15) is 9.59 Å². The number of rotatable bonds is 9. The highest BCUT2D eigenvalue weighted by molar-refractivity contribution is 5.76. The van der Waals surface area contributed by atoms with Crippen LogP contribution < -0.4 is 15.0 Å². The van der Waals surface area contributed by atoms with Crippen LogP contribution in [0.3, 0.4) is 0 Å². The largest absolute Gasteiger partial charge is 0.493 e. The van der Waals surface area contributed by atoms with Gasteiger partial charge in [0.2, 0.25) is 5.91 Å². The second-order valence-corrected chi connectivity index (χ2v) is 8.69. The van der Waals surface area contributed by atoms with Crippen molar-refractivity contribution in [2.45, 2.75) is 58.1 Å². The van der Waals surface area contributed by atoms with Crippen molar-refractivity contribution in [2.24, 2.45) is 0 Å². The summed E-state index contributed by atoms with van der Waals surface area (Å²) < 4.78 is 11.3. The lowest BCUT2D eigenvalue weighted by Gasteiger charge is -2.35. The number of aromatic amines is 1. The molecule has 1 unspecified atom stereocenters. The number of amides is 1. The number of likely N-dealkylation sites (tertiary alicyclic amines) is 1. The third-order valence-corrected chi connectivity index (χ3v) is 6.31. The molecule has 1 aromatic carbocycles. The Morgan fingerprint density at radius 2 is 2.00 bits per heavy atom. The first-order chi connectivity index (χ1) is 15.8. The molecule has 2 aromatic rings. The Bertz CT molecular complexity index is 1000. The van der Waals surface area contributed by atoms with Crippen molar-refractivity contribution >= 4 is 5.91 Å². The Morgan fingerprint density at radius 1 is 1.27 bits per heavy atom. The summed E-state index contributed by atoms with van der Waals surface area (Å²) in [4.78, 5) is 32.1. The molecular weight excluding hydrogens is 422 g/mol. The maximum Gasteiger partial charge on any atom is 0.273 e. The topological polar surface area (TPSA) is 101 Å². The number of nitrogens with one attached hydrogen (secondary N) is 1. The summed E-state index contributed by atoms with van der Waals surface area (Å²) >= 11 is 0. The fraction of sp³-hybridized carbons (Fsp3) is 0.583. The first kappa shape index (κ1) is 24.7. The van der Waals surface area contributed by atoms with Gasteiger partial charge in [-0.1, -0.05) is 6.92 Å². The third-order valence-electron chi connectivity index (χ3n) is 6.31. The van der Waals surface area contributed by atoms with Crippen LogP contribution >= 0.6 is 0 Å². The van der Waals surface area contributed by atoms with E-state index in [1.54, 1.807) is 25.3 Å². The summed E-state index contributed by atoms with van der Waals surface area (Å²) in [5, 5.41) is 8.29. The molecule has 0 radical (unpaired) electrons. The number of hydrogen-bond acceptors (Lipinski definition) is 7. The van der Waals surface area contributed by atoms with Crippen LogP contribution in [0.2, 0.25) is 0 Å². The Labute approximate surface area is 195 Å². The van der Waals surface area contributed by atoms with E-state index in [4.69, 9.17) is 9.47 Å². The van der Waals surface area contributed by atoms with Crippen molar-refractivity contribution in [3.05, 3.63) is 34.2 Å². The van der Waals surface area contributed by atoms with E-state index >= 15 is 0 Å². The number of carbonyl (C=O) groups is 1. The summed E-state index contributed by atoms with van der Waals surface area (Å²) in [5.74, 6) is 1.56. The Kier molecular flexibility index (Phi) is 8.43. The smallest absolute Gasteiger partial charge is 0.273 e. The van der Waals surface area contributed by atoms with E-state index < -0.39 is 0 Å². The summed E-state index contributed by atoms with van der Waals surface area (Å²) in [6, 6.07) is 5.62. The number of ether oxygens (including phenoxy) is 2. The molecular formula is C24H35N5O4. The van der Waals surface area contributed by atoms with Crippen LogP contribution in [0.5, 0.6) is 11.5 Å². The maximum atomic E-state index is 12.6. The molecule has 0 bridgehead atoms. The zero-order chi connectivity index (χ0) is 24.0. The molecule has 9 heteroatoms. The van der Waals surface area contributed by atoms with Gasteiger partial charge < -0.3 is 24.3 Å². The zero-order valence-electron chi connectivity index (χ0n) is 20.3. The van der Waals surface area contributed by atoms with Gasteiger partial charge in [-0.05, 0) is 64.5 Å². The van der Waals surface area contributed by atoms with Crippen molar-refractivity contribution < 1.29 is 14.3 Å². The van der Waals surface area contributed by atoms with Gasteiger partial charge in [0, 0.05) is 31.5 Å². The van der Waals surface area contributed by atoms with E-state index in [0.717, 1.165) is 32.4 Å². The van der Waals surface area contributed by atoms with Gasteiger partial charge in [-0.25, -0.2) is 0 Å². The minimum absolute atomic E-state index is 0.0245. The minimum Gasteiger partial charge on any atom is -0.493 e. The standard InChI is InChI=1S/C24H35N5O4/c1-6-16(2)33-20-9-7-17(15-21(20)32-5)23-25-24(31)19(26-27-23)8-10-22(30)29(4)18-11-13-28(3)14-12-18/h7,9,15-16,18H,6,8,10-14H2,1-5H3,(H,25,27,31). The van der Waals surface area contributed by atoms with E-state index in [-0.39, 0.29) is 42.1 Å². The maximum absolute atomic E-state index is 12.6. The van der Waals surface area contributed by atoms with Gasteiger partial charge in [-0.3, -0.25) is 9.59 Å². The summed E-state index contributed by atoms with van der Waals surface area (Å²) in [5.41, 5.74) is 0.582. The van der Waals surface area contributed by atoms with Crippen molar-refractivity contribution in [1.29, 1.82) is 0 Å². The van der Waals surface area contributed by atoms with Crippen LogP contribution in [0.15, 0.2) is 23.0 Å². The number of H-pyrrole nitrogens is 1. The molecule has 9 nitrogen and oxygen atoms in total. The van der Waals surface area contributed by atoms with Gasteiger partial charge in [0.15, 0.2) is 17.3 Å². The molecule has 1 fully saturated rings. The normalized spacial score (nSPS) is 15.8. The van der Waals surface area contributed by atoms with E-state index in [0.29, 0.717) is 22.9 Å². The average Bonchev–Trinajstić information content (AvgIpc) is 2.83. The van der Waals surface area contributed by atoms with Gasteiger partial charge in [0.1, 0.15) is 5.69 Å². The van der Waals surface area contributed by atoms with Gasteiger partial charge in [-0.15, -0.1) is 10.2 Å². The number of piperidine rings is 1. The fourth-order valence-electron chi connectivity index (χ4n) is 3.85. The Balaban J connectivity index is 1.65. The number of carbonyl (C=O) groups excluding carboxylic acids is 1. The molecule has 2 heterocycles. The molecule has 33 heavy (non-hydrogen) atoms. The quantitative estimate of drug-likeness (QED) is 0.617. The highest BCUT2D eigenvalue weighted by Gasteiger charge is 2.24. The molecule has 1 atom stereocenters. The number of methoxy groups -OCH3 is 1. The molecule has 3 rings (SSSR count). The number of nitrogens with zero attached hydrogens (tertiary/aromatic N) is 4. The molecule has 180 valence electrons. The Hall–Kier alpha value is -2.94. The highest BCUT2D eigenvalue weighted by Crippen LogP contribution is 2.32. The number of hydrogen-bond donors (Lipinski definition) is 1. The lowest BCUT2D eigenvalue weighted by molar-refractivity contribution is -0.132. The molecule has 1 N–H and O–H groups in total. The van der Waals surface area contributed by atoms with Crippen LogP contribution in [0.1, 0.15) is 45.2 Å². The van der Waals surface area contributed by atoms with Crippen molar-refractivity contribution in [2.75, 3.05) is 34.3 Å². The molecule has 1 aromatic heterocycles. The molecule has 0 saturated carbocycles. The summed E-state index contributed by atoms with van der Waals surface area (Å²) in [7, 11) is 5.51. The summed E-state index contributed by atoms with van der Waals surface area (Å²) in [6.07, 6.45) is 3.36. The molecule has 1 aliphatic heterocycles. The monoisotopic (exact) mass is 457 g/mol. The van der Waals surface area contributed by atoms with Gasteiger partial charge in [-0.2, -0.15) is 0 Å². The fourth-order valence-corrected chi connectivity index (χ4v) is 3.85. The number of benzene rings is 1. The molecule has 1 aliphatic rings. The van der Waals surface area contributed by atoms with Crippen LogP contribution in [-0.2, 0) is 11.2 Å². The zero-order valence-corrected chi connectivity index (χ0v) is 20.3. The number of aromatic nitrogens is 3. The Morgan fingerprint density at radius 3 is 2.64 bits per heavy atom. The second kappa shape index (κ2) is 11.3. The van der Waals surface area contributed by atoms with E-state index in [2.05, 4.69) is 27.1 Å². The number of aryl methyl sites for hydroxylation is 1. The van der Waals surface area contributed by atoms with E-state index in [1.807, 2.05) is 25.8 Å². The molecule has 0 aliphatic carbocycles. The van der Waals surface area contributed by atoms with Crippen LogP contribution in [-0.4, -0.2) is 77.3 Å².